The molecule has 0 saturated carbocycles. The van der Waals surface area contributed by atoms with E-state index in [0.29, 0.717) is 19.6 Å². The van der Waals surface area contributed by atoms with Gasteiger partial charge in [0.1, 0.15) is 0 Å². The summed E-state index contributed by atoms with van der Waals surface area (Å²) in [5.41, 5.74) is 4.45. The normalized spacial score (nSPS) is 14.6. The van der Waals surface area contributed by atoms with Gasteiger partial charge in [-0.3, -0.25) is 0 Å². The van der Waals surface area contributed by atoms with E-state index < -0.39 is 0 Å². The average Bonchev–Trinajstić information content (AvgIpc) is 2.67. The summed E-state index contributed by atoms with van der Waals surface area (Å²) in [5.74, 6) is 0. The number of aryl methyl sites for hydroxylation is 1. The van der Waals surface area contributed by atoms with Crippen molar-refractivity contribution in [1.29, 1.82) is 0 Å². The minimum atomic E-state index is -0.354. The quantitative estimate of drug-likeness (QED) is 0.593. The zero-order valence-electron chi connectivity index (χ0n) is 15.9. The van der Waals surface area contributed by atoms with E-state index in [0.717, 1.165) is 37.1 Å². The van der Waals surface area contributed by atoms with Crippen molar-refractivity contribution in [2.24, 2.45) is 0 Å². The Hall–Kier alpha value is -2.37. The average molecular weight is 367 g/mol. The zero-order valence-corrected chi connectivity index (χ0v) is 15.9. The number of para-hydroxylation sites is 1. The van der Waals surface area contributed by atoms with Crippen LogP contribution in [0.1, 0.15) is 36.0 Å². The van der Waals surface area contributed by atoms with Gasteiger partial charge in [0.2, 0.25) is 0 Å². The second kappa shape index (κ2) is 9.53. The third-order valence-electron chi connectivity index (χ3n) is 5.01. The van der Waals surface area contributed by atoms with E-state index in [2.05, 4.69) is 28.8 Å². The Morgan fingerprint density at radius 3 is 2.78 bits per heavy atom. The zero-order chi connectivity index (χ0) is 19.1. The molecular weight excluding hydrogens is 338 g/mol. The number of unbranched alkanes of at least 4 members (excludes halogenated alkanes) is 1. The minimum absolute atomic E-state index is 0.0260. The number of carbonyl (C=O) groups excluding carboxylic acids is 1. The Morgan fingerprint density at radius 2 is 1.96 bits per heavy atom. The van der Waals surface area contributed by atoms with Crippen LogP contribution in [-0.4, -0.2) is 35.2 Å². The van der Waals surface area contributed by atoms with Crippen molar-refractivity contribution in [3.63, 3.8) is 0 Å². The van der Waals surface area contributed by atoms with E-state index in [1.165, 1.54) is 11.1 Å². The molecule has 1 aliphatic rings. The molecule has 0 radical (unpaired) electrons. The molecule has 0 spiro atoms. The van der Waals surface area contributed by atoms with Crippen LogP contribution in [0, 0.1) is 6.92 Å². The molecule has 2 amide bonds. The lowest BCUT2D eigenvalue weighted by atomic mass is 10.1. The highest BCUT2D eigenvalue weighted by Gasteiger charge is 2.22. The van der Waals surface area contributed by atoms with Crippen molar-refractivity contribution in [1.82, 2.24) is 10.2 Å². The first-order valence-corrected chi connectivity index (χ1v) is 9.70. The van der Waals surface area contributed by atoms with Gasteiger partial charge in [0.15, 0.2) is 0 Å². The molecule has 0 aromatic heterocycles. The number of rotatable bonds is 9. The fourth-order valence-electron chi connectivity index (χ4n) is 3.45. The Labute approximate surface area is 161 Å². The molecule has 1 aliphatic heterocycles. The lowest BCUT2D eigenvalue weighted by molar-refractivity contribution is 0.155. The highest BCUT2D eigenvalue weighted by molar-refractivity contribution is 5.93. The van der Waals surface area contributed by atoms with Gasteiger partial charge in [-0.2, -0.15) is 0 Å². The molecule has 0 bridgehead atoms. The van der Waals surface area contributed by atoms with Crippen LogP contribution in [0.5, 0.6) is 0 Å². The number of aliphatic hydroxyl groups excluding tert-OH is 1. The van der Waals surface area contributed by atoms with Crippen LogP contribution in [-0.2, 0) is 13.1 Å². The predicted molar refractivity (Wildman–Crippen MR) is 109 cm³/mol. The summed E-state index contributed by atoms with van der Waals surface area (Å²) in [7, 11) is 0. The van der Waals surface area contributed by atoms with Crippen LogP contribution < -0.4 is 10.6 Å². The molecule has 2 aromatic carbocycles. The molecule has 0 aliphatic carbocycles. The number of hydrogen-bond donors (Lipinski definition) is 3. The van der Waals surface area contributed by atoms with E-state index in [1.54, 1.807) is 0 Å². The SMILES string of the molecule is Cc1cccc2c1NC(=O)N(CCCCC(O)CNCc1ccccc1)C2. The van der Waals surface area contributed by atoms with Crippen molar-refractivity contribution in [2.45, 2.75) is 45.4 Å². The largest absolute Gasteiger partial charge is 0.392 e. The van der Waals surface area contributed by atoms with Crippen LogP contribution in [0.25, 0.3) is 0 Å². The molecule has 5 heteroatoms. The van der Waals surface area contributed by atoms with Crippen LogP contribution in [0.3, 0.4) is 0 Å². The maximum Gasteiger partial charge on any atom is 0.322 e. The Morgan fingerprint density at radius 1 is 1.15 bits per heavy atom. The van der Waals surface area contributed by atoms with Gasteiger partial charge in [0.05, 0.1) is 11.8 Å². The number of benzene rings is 2. The van der Waals surface area contributed by atoms with Gasteiger partial charge in [-0.05, 0) is 42.9 Å². The molecule has 2 aromatic rings. The van der Waals surface area contributed by atoms with Gasteiger partial charge >= 0.3 is 6.03 Å². The molecule has 1 heterocycles. The molecule has 3 N–H and O–H groups in total. The fourth-order valence-corrected chi connectivity index (χ4v) is 3.45. The molecule has 5 nitrogen and oxygen atoms in total. The smallest absolute Gasteiger partial charge is 0.322 e. The Kier molecular flexibility index (Phi) is 6.85. The summed E-state index contributed by atoms with van der Waals surface area (Å²) in [6.07, 6.45) is 2.18. The predicted octanol–water partition coefficient (Wildman–Crippen LogP) is 3.66. The van der Waals surface area contributed by atoms with Gasteiger partial charge in [-0.15, -0.1) is 0 Å². The van der Waals surface area contributed by atoms with E-state index >= 15 is 0 Å². The second-order valence-corrected chi connectivity index (χ2v) is 7.23. The minimum Gasteiger partial charge on any atom is -0.392 e. The van der Waals surface area contributed by atoms with Crippen molar-refractivity contribution in [2.75, 3.05) is 18.4 Å². The van der Waals surface area contributed by atoms with E-state index in [4.69, 9.17) is 0 Å². The van der Waals surface area contributed by atoms with Crippen LogP contribution in [0.2, 0.25) is 0 Å². The van der Waals surface area contributed by atoms with Crippen LogP contribution in [0.15, 0.2) is 48.5 Å². The number of urea groups is 1. The summed E-state index contributed by atoms with van der Waals surface area (Å²) in [5, 5.41) is 16.4. The van der Waals surface area contributed by atoms with E-state index in [1.807, 2.05) is 42.2 Å². The monoisotopic (exact) mass is 367 g/mol. The number of amides is 2. The van der Waals surface area contributed by atoms with Gasteiger partial charge in [-0.25, -0.2) is 4.79 Å². The first-order valence-electron chi connectivity index (χ1n) is 9.70. The van der Waals surface area contributed by atoms with E-state index in [9.17, 15) is 9.90 Å². The number of carbonyl (C=O) groups is 1. The summed E-state index contributed by atoms with van der Waals surface area (Å²) in [6, 6.07) is 16.3. The number of aliphatic hydroxyl groups is 1. The van der Waals surface area contributed by atoms with E-state index in [-0.39, 0.29) is 12.1 Å². The topological polar surface area (TPSA) is 64.6 Å². The standard InChI is InChI=1S/C22H29N3O2/c1-17-8-7-11-19-16-25(22(27)24-21(17)19)13-6-5-12-20(26)15-23-14-18-9-3-2-4-10-18/h2-4,7-11,20,23,26H,5-6,12-16H2,1H3,(H,24,27). The third kappa shape index (κ3) is 5.55. The molecular formula is C22H29N3O2. The van der Waals surface area contributed by atoms with Crippen LogP contribution in [0.4, 0.5) is 10.5 Å². The lowest BCUT2D eigenvalue weighted by Gasteiger charge is -2.30. The van der Waals surface area contributed by atoms with Crippen molar-refractivity contribution < 1.29 is 9.90 Å². The van der Waals surface area contributed by atoms with Gasteiger partial charge < -0.3 is 20.6 Å². The highest BCUT2D eigenvalue weighted by Crippen LogP contribution is 2.26. The first kappa shape index (κ1) is 19.4. The number of anilines is 1. The molecule has 27 heavy (non-hydrogen) atoms. The summed E-state index contributed by atoms with van der Waals surface area (Å²) >= 11 is 0. The third-order valence-corrected chi connectivity index (χ3v) is 5.01. The lowest BCUT2D eigenvalue weighted by Crippen LogP contribution is -2.39. The fraction of sp³-hybridized carbons (Fsp3) is 0.409. The molecule has 3 rings (SSSR count). The van der Waals surface area contributed by atoms with Gasteiger partial charge in [-0.1, -0.05) is 48.5 Å². The number of nitrogens with one attached hydrogen (secondary N) is 2. The summed E-state index contributed by atoms with van der Waals surface area (Å²) in [6.45, 7) is 4.74. The number of nitrogens with zero attached hydrogens (tertiary/aromatic N) is 1. The first-order chi connectivity index (χ1) is 13.1. The Bertz CT molecular complexity index is 748. The van der Waals surface area contributed by atoms with Crippen LogP contribution >= 0.6 is 0 Å². The Balaban J connectivity index is 1.33. The number of hydrogen-bond acceptors (Lipinski definition) is 3. The summed E-state index contributed by atoms with van der Waals surface area (Å²) in [4.78, 5) is 14.1. The molecule has 1 unspecified atom stereocenters. The number of fused-ring (bicyclic) bond motifs is 1. The van der Waals surface area contributed by atoms with Crippen molar-refractivity contribution >= 4 is 11.7 Å². The van der Waals surface area contributed by atoms with Gasteiger partial charge in [0.25, 0.3) is 0 Å². The van der Waals surface area contributed by atoms with Crippen molar-refractivity contribution in [3.8, 4) is 0 Å². The molecule has 144 valence electrons. The summed E-state index contributed by atoms with van der Waals surface area (Å²) < 4.78 is 0. The van der Waals surface area contributed by atoms with Gasteiger partial charge in [0, 0.05) is 26.2 Å². The maximum absolute atomic E-state index is 12.3. The maximum atomic E-state index is 12.3. The molecule has 0 saturated heterocycles. The van der Waals surface area contributed by atoms with Crippen molar-refractivity contribution in [3.05, 3.63) is 65.2 Å². The second-order valence-electron chi connectivity index (χ2n) is 7.23. The molecule has 0 fully saturated rings. The molecule has 1 atom stereocenters. The highest BCUT2D eigenvalue weighted by atomic mass is 16.3.